The normalized spacial score (nSPS) is 50.0. The summed E-state index contributed by atoms with van der Waals surface area (Å²) in [5.74, 6) is -3.41. The maximum Gasteiger partial charge on any atom is 0.316 e. The SMILES string of the molecule is C=C1C[C@]23C[C@@]1(O)CC[C@H]2[C@@]12C=C[C@H](O)[C@](C)(C(=O)O1)C2C3C(=O)OCOC(C)=O. The molecular weight excluding hydrogens is 392 g/mol. The first-order chi connectivity index (χ1) is 14.0. The second-order valence-electron chi connectivity index (χ2n) is 9.82. The number of aliphatic hydroxyl groups excluding tert-OH is 1. The monoisotopic (exact) mass is 418 g/mol. The summed E-state index contributed by atoms with van der Waals surface area (Å²) in [5, 5.41) is 21.9. The third kappa shape index (κ3) is 2.06. The van der Waals surface area contributed by atoms with Gasteiger partial charge in [0.15, 0.2) is 0 Å². The van der Waals surface area contributed by atoms with Gasteiger partial charge in [-0.15, -0.1) is 0 Å². The fourth-order valence-corrected chi connectivity index (χ4v) is 7.37. The highest BCUT2D eigenvalue weighted by Gasteiger charge is 2.83. The molecule has 1 aliphatic heterocycles. The van der Waals surface area contributed by atoms with Gasteiger partial charge in [0.25, 0.3) is 0 Å². The average molecular weight is 418 g/mol. The Labute approximate surface area is 173 Å². The van der Waals surface area contributed by atoms with Gasteiger partial charge in [0.2, 0.25) is 6.79 Å². The zero-order valence-corrected chi connectivity index (χ0v) is 17.1. The maximum atomic E-state index is 13.4. The van der Waals surface area contributed by atoms with Gasteiger partial charge in [0.1, 0.15) is 11.0 Å². The molecule has 4 bridgehead atoms. The fourth-order valence-electron chi connectivity index (χ4n) is 7.37. The van der Waals surface area contributed by atoms with Gasteiger partial charge in [0.05, 0.1) is 17.6 Å². The lowest BCUT2D eigenvalue weighted by Gasteiger charge is -2.44. The third-order valence-electron chi connectivity index (χ3n) is 8.57. The van der Waals surface area contributed by atoms with Crippen LogP contribution in [0.4, 0.5) is 0 Å². The molecule has 0 aromatic carbocycles. The molecule has 4 aliphatic carbocycles. The van der Waals surface area contributed by atoms with Crippen LogP contribution in [0.1, 0.15) is 39.5 Å². The molecule has 5 rings (SSSR count). The van der Waals surface area contributed by atoms with Crippen molar-refractivity contribution in [1.82, 2.24) is 0 Å². The summed E-state index contributed by atoms with van der Waals surface area (Å²) < 4.78 is 16.1. The minimum atomic E-state index is -1.31. The van der Waals surface area contributed by atoms with E-state index in [9.17, 15) is 24.6 Å². The first kappa shape index (κ1) is 19.8. The van der Waals surface area contributed by atoms with E-state index in [1.54, 1.807) is 19.1 Å². The Morgan fingerprint density at radius 2 is 2.10 bits per heavy atom. The minimum Gasteiger partial charge on any atom is -0.454 e. The van der Waals surface area contributed by atoms with Gasteiger partial charge >= 0.3 is 17.9 Å². The molecule has 1 heterocycles. The number of rotatable bonds is 3. The van der Waals surface area contributed by atoms with Crippen molar-refractivity contribution in [2.45, 2.75) is 56.8 Å². The summed E-state index contributed by atoms with van der Waals surface area (Å²) in [6.07, 6.45) is 4.01. The lowest BCUT2D eigenvalue weighted by atomic mass is 9.61. The molecule has 5 aliphatic rings. The molecule has 1 saturated heterocycles. The third-order valence-corrected chi connectivity index (χ3v) is 8.57. The Kier molecular flexibility index (Phi) is 3.78. The molecule has 3 saturated carbocycles. The molecule has 8 atom stereocenters. The van der Waals surface area contributed by atoms with Crippen molar-refractivity contribution in [1.29, 1.82) is 0 Å². The Morgan fingerprint density at radius 3 is 2.80 bits per heavy atom. The van der Waals surface area contributed by atoms with Crippen molar-refractivity contribution >= 4 is 17.9 Å². The Balaban J connectivity index is 1.64. The number of fused-ring (bicyclic) bond motifs is 1. The van der Waals surface area contributed by atoms with Crippen LogP contribution in [0.2, 0.25) is 0 Å². The van der Waals surface area contributed by atoms with E-state index in [0.717, 1.165) is 0 Å². The molecule has 0 radical (unpaired) electrons. The fraction of sp³-hybridized carbons (Fsp3) is 0.682. The predicted octanol–water partition coefficient (Wildman–Crippen LogP) is 1.01. The van der Waals surface area contributed by atoms with Crippen molar-refractivity contribution in [3.63, 3.8) is 0 Å². The quantitative estimate of drug-likeness (QED) is 0.396. The first-order valence-electron chi connectivity index (χ1n) is 10.3. The van der Waals surface area contributed by atoms with Crippen molar-refractivity contribution in [3.05, 3.63) is 24.3 Å². The van der Waals surface area contributed by atoms with Gasteiger partial charge in [-0.1, -0.05) is 12.7 Å². The predicted molar refractivity (Wildman–Crippen MR) is 100 cm³/mol. The van der Waals surface area contributed by atoms with E-state index in [1.165, 1.54) is 6.92 Å². The van der Waals surface area contributed by atoms with E-state index in [4.69, 9.17) is 14.2 Å². The molecule has 30 heavy (non-hydrogen) atoms. The Morgan fingerprint density at radius 1 is 1.37 bits per heavy atom. The average Bonchev–Trinajstić information content (AvgIpc) is 3.08. The zero-order chi connectivity index (χ0) is 21.7. The molecule has 4 fully saturated rings. The smallest absolute Gasteiger partial charge is 0.316 e. The number of carbonyl (C=O) groups is 3. The number of aliphatic hydroxyl groups is 2. The lowest BCUT2D eigenvalue weighted by molar-refractivity contribution is -0.177. The molecule has 162 valence electrons. The van der Waals surface area contributed by atoms with Gasteiger partial charge in [-0.2, -0.15) is 0 Å². The number of carbonyl (C=O) groups excluding carboxylic acids is 3. The van der Waals surface area contributed by atoms with Gasteiger partial charge in [-0.25, -0.2) is 0 Å². The van der Waals surface area contributed by atoms with Crippen LogP contribution in [-0.4, -0.2) is 52.2 Å². The molecule has 8 heteroatoms. The number of hydrogen-bond acceptors (Lipinski definition) is 8. The summed E-state index contributed by atoms with van der Waals surface area (Å²) in [7, 11) is 0. The van der Waals surface area contributed by atoms with Gasteiger partial charge in [0, 0.05) is 18.8 Å². The van der Waals surface area contributed by atoms with Crippen molar-refractivity contribution in [3.8, 4) is 0 Å². The highest BCUT2D eigenvalue weighted by Crippen LogP contribution is 2.77. The summed E-state index contributed by atoms with van der Waals surface area (Å²) in [6, 6.07) is 0. The van der Waals surface area contributed by atoms with Crippen LogP contribution < -0.4 is 0 Å². The van der Waals surface area contributed by atoms with Crippen LogP contribution in [0, 0.1) is 28.6 Å². The van der Waals surface area contributed by atoms with Crippen LogP contribution >= 0.6 is 0 Å². The summed E-state index contributed by atoms with van der Waals surface area (Å²) in [4.78, 5) is 37.5. The second-order valence-corrected chi connectivity index (χ2v) is 9.82. The molecular formula is C22H26O8. The van der Waals surface area contributed by atoms with Crippen molar-refractivity contribution in [2.75, 3.05) is 6.79 Å². The number of hydrogen-bond donors (Lipinski definition) is 2. The van der Waals surface area contributed by atoms with E-state index in [0.29, 0.717) is 31.3 Å². The zero-order valence-electron chi connectivity index (χ0n) is 17.1. The first-order valence-corrected chi connectivity index (χ1v) is 10.3. The van der Waals surface area contributed by atoms with Crippen molar-refractivity contribution in [2.24, 2.45) is 28.6 Å². The summed E-state index contributed by atoms with van der Waals surface area (Å²) in [5.41, 5.74) is -3.45. The Bertz CT molecular complexity index is 909. The van der Waals surface area contributed by atoms with E-state index in [-0.39, 0.29) is 5.92 Å². The molecule has 0 aromatic heterocycles. The van der Waals surface area contributed by atoms with Crippen LogP contribution in [0.15, 0.2) is 24.3 Å². The van der Waals surface area contributed by atoms with Crippen LogP contribution in [-0.2, 0) is 28.6 Å². The van der Waals surface area contributed by atoms with Gasteiger partial charge in [-0.3, -0.25) is 14.4 Å². The van der Waals surface area contributed by atoms with Crippen molar-refractivity contribution < 1.29 is 38.8 Å². The lowest BCUT2D eigenvalue weighted by Crippen LogP contribution is -2.51. The molecule has 2 unspecified atom stereocenters. The Hall–Kier alpha value is -2.19. The maximum absolute atomic E-state index is 13.4. The highest BCUT2D eigenvalue weighted by atomic mass is 16.7. The summed E-state index contributed by atoms with van der Waals surface area (Å²) >= 11 is 0. The largest absolute Gasteiger partial charge is 0.454 e. The van der Waals surface area contributed by atoms with E-state index in [2.05, 4.69) is 6.58 Å². The van der Waals surface area contributed by atoms with Crippen LogP contribution in [0.3, 0.4) is 0 Å². The second kappa shape index (κ2) is 5.73. The molecule has 0 amide bonds. The van der Waals surface area contributed by atoms with Gasteiger partial charge in [-0.05, 0) is 49.7 Å². The van der Waals surface area contributed by atoms with Crippen LogP contribution in [0.25, 0.3) is 0 Å². The molecule has 1 spiro atoms. The van der Waals surface area contributed by atoms with Crippen LogP contribution in [0.5, 0.6) is 0 Å². The standard InChI is InChI=1S/C22H26O8/c1-11-8-20-9-21(11,27)6-4-13(20)22-7-5-14(24)19(3,18(26)30-22)16(22)15(20)17(25)29-10-28-12(2)23/h5,7,13-16,24,27H,1,4,6,8-10H2,2-3H3/t13-,14+,15?,16?,19+,20+,21+,22-/m1/s1. The molecule has 8 nitrogen and oxygen atoms in total. The van der Waals surface area contributed by atoms with E-state index >= 15 is 0 Å². The number of ether oxygens (including phenoxy) is 3. The minimum absolute atomic E-state index is 0.213. The highest BCUT2D eigenvalue weighted by molar-refractivity contribution is 5.87. The number of esters is 3. The molecule has 0 aromatic rings. The van der Waals surface area contributed by atoms with Gasteiger partial charge < -0.3 is 24.4 Å². The molecule has 2 N–H and O–H groups in total. The van der Waals surface area contributed by atoms with E-state index < -0.39 is 64.7 Å². The topological polar surface area (TPSA) is 119 Å². The summed E-state index contributed by atoms with van der Waals surface area (Å²) in [6.45, 7) is 6.40. The van der Waals surface area contributed by atoms with E-state index in [1.807, 2.05) is 0 Å².